The normalized spacial score (nSPS) is 36.4. The van der Waals surface area contributed by atoms with Gasteiger partial charge < -0.3 is 4.57 Å². The summed E-state index contributed by atoms with van der Waals surface area (Å²) in [6.07, 6.45) is 20.2. The molecule has 5 nitrogen and oxygen atoms in total. The molecule has 1 aromatic heterocycles. The first-order valence-corrected chi connectivity index (χ1v) is 16.1. The van der Waals surface area contributed by atoms with Crippen LogP contribution in [0, 0.1) is 11.8 Å². The average molecular weight is 517 g/mol. The highest BCUT2D eigenvalue weighted by molar-refractivity contribution is 5.76. The van der Waals surface area contributed by atoms with Gasteiger partial charge in [0.25, 0.3) is 0 Å². The van der Waals surface area contributed by atoms with E-state index < -0.39 is 0 Å². The van der Waals surface area contributed by atoms with Gasteiger partial charge in [0.05, 0.1) is 17.1 Å². The number of Topliss-reactive ketones (excluding diaryl/α,β-unsaturated/α-hetero) is 1. The van der Waals surface area contributed by atoms with Crippen molar-refractivity contribution >= 4 is 16.8 Å². The lowest BCUT2D eigenvalue weighted by Crippen LogP contribution is -2.58. The molecule has 4 bridgehead atoms. The molecule has 206 valence electrons. The zero-order valence-corrected chi connectivity index (χ0v) is 23.6. The molecule has 3 aliphatic heterocycles. The number of hydrogen-bond donors (Lipinski definition) is 0. The maximum absolute atomic E-state index is 11.8. The Kier molecular flexibility index (Phi) is 7.11. The van der Waals surface area contributed by atoms with Gasteiger partial charge in [0.1, 0.15) is 11.6 Å². The van der Waals surface area contributed by atoms with Crippen molar-refractivity contribution in [2.75, 3.05) is 13.1 Å². The number of piperidine rings is 2. The average Bonchev–Trinajstić information content (AvgIpc) is 3.49. The van der Waals surface area contributed by atoms with Crippen LogP contribution in [-0.2, 0) is 4.79 Å². The van der Waals surface area contributed by atoms with E-state index in [1.54, 1.807) is 6.92 Å². The predicted molar refractivity (Wildman–Crippen MR) is 153 cm³/mol. The van der Waals surface area contributed by atoms with Crippen LogP contribution in [0.2, 0.25) is 0 Å². The molecule has 2 aromatic rings. The number of aromatic nitrogens is 2. The van der Waals surface area contributed by atoms with Gasteiger partial charge in [-0.15, -0.1) is 0 Å². The Bertz CT molecular complexity index is 1110. The fourth-order valence-corrected chi connectivity index (χ4v) is 9.68. The van der Waals surface area contributed by atoms with E-state index in [-0.39, 0.29) is 0 Å². The van der Waals surface area contributed by atoms with Crippen molar-refractivity contribution < 1.29 is 4.79 Å². The molecule has 7 atom stereocenters. The summed E-state index contributed by atoms with van der Waals surface area (Å²) < 4.78 is 2.70. The zero-order chi connectivity index (χ0) is 25.6. The number of carbonyl (C=O) groups excluding carboxylic acids is 1. The molecule has 0 unspecified atom stereocenters. The number of benzene rings is 1. The maximum Gasteiger partial charge on any atom is 0.131 e. The summed E-state index contributed by atoms with van der Waals surface area (Å²) in [5.41, 5.74) is 2.49. The van der Waals surface area contributed by atoms with E-state index in [1.807, 2.05) is 0 Å². The molecule has 0 radical (unpaired) electrons. The Hall–Kier alpha value is -1.72. The van der Waals surface area contributed by atoms with Crippen molar-refractivity contribution in [1.82, 2.24) is 19.4 Å². The van der Waals surface area contributed by atoms with Crippen molar-refractivity contribution in [2.45, 2.75) is 133 Å². The summed E-state index contributed by atoms with van der Waals surface area (Å²) in [6.45, 7) is 3.69. The second-order valence-electron chi connectivity index (χ2n) is 13.7. The number of likely N-dealkylation sites (tertiary alicyclic amines) is 1. The first-order chi connectivity index (χ1) is 18.6. The van der Waals surface area contributed by atoms with E-state index in [0.717, 1.165) is 55.0 Å². The molecule has 38 heavy (non-hydrogen) atoms. The van der Waals surface area contributed by atoms with Crippen LogP contribution in [0.1, 0.15) is 121 Å². The van der Waals surface area contributed by atoms with Crippen LogP contribution in [0.25, 0.3) is 11.0 Å². The maximum atomic E-state index is 11.8. The predicted octanol–water partition coefficient (Wildman–Crippen LogP) is 7.07. The minimum atomic E-state index is 0.298. The second-order valence-corrected chi connectivity index (χ2v) is 13.7. The monoisotopic (exact) mass is 516 g/mol. The lowest BCUT2D eigenvalue weighted by atomic mass is 9.73. The molecule has 2 saturated carbocycles. The third-order valence-corrected chi connectivity index (χ3v) is 11.2. The highest BCUT2D eigenvalue weighted by atomic mass is 16.1. The molecule has 0 N–H and O–H groups in total. The van der Waals surface area contributed by atoms with E-state index in [9.17, 15) is 4.79 Å². The van der Waals surface area contributed by atoms with Crippen molar-refractivity contribution in [1.29, 1.82) is 0 Å². The van der Waals surface area contributed by atoms with Gasteiger partial charge in [0.15, 0.2) is 0 Å². The summed E-state index contributed by atoms with van der Waals surface area (Å²) in [7, 11) is 0. The quantitative estimate of drug-likeness (QED) is 0.412. The van der Waals surface area contributed by atoms with Gasteiger partial charge in [-0.05, 0) is 95.2 Å². The first-order valence-electron chi connectivity index (χ1n) is 16.1. The fourth-order valence-electron chi connectivity index (χ4n) is 9.68. The van der Waals surface area contributed by atoms with Crippen LogP contribution in [0.15, 0.2) is 24.3 Å². The third kappa shape index (κ3) is 4.76. The summed E-state index contributed by atoms with van der Waals surface area (Å²) in [5.74, 6) is 3.57. The summed E-state index contributed by atoms with van der Waals surface area (Å²) in [5, 5.41) is 0. The molecule has 5 aliphatic rings. The Balaban J connectivity index is 1.18. The summed E-state index contributed by atoms with van der Waals surface area (Å²) in [4.78, 5) is 22.8. The molecule has 1 aromatic carbocycles. The van der Waals surface area contributed by atoms with Crippen molar-refractivity contribution in [3.05, 3.63) is 30.1 Å². The largest absolute Gasteiger partial charge is 0.323 e. The van der Waals surface area contributed by atoms with Crippen molar-refractivity contribution in [3.63, 3.8) is 0 Å². The van der Waals surface area contributed by atoms with E-state index in [1.165, 1.54) is 94.8 Å². The molecule has 7 rings (SSSR count). The molecule has 2 aliphatic carbocycles. The number of hydrogen-bond acceptors (Lipinski definition) is 4. The number of rotatable bonds is 6. The molecule has 0 amide bonds. The van der Waals surface area contributed by atoms with Crippen LogP contribution < -0.4 is 0 Å². The van der Waals surface area contributed by atoms with Gasteiger partial charge >= 0.3 is 0 Å². The molecule has 3 saturated heterocycles. The second kappa shape index (κ2) is 10.7. The molecular weight excluding hydrogens is 468 g/mol. The highest BCUT2D eigenvalue weighted by Gasteiger charge is 2.45. The Morgan fingerprint density at radius 3 is 2.29 bits per heavy atom. The van der Waals surface area contributed by atoms with E-state index in [0.29, 0.717) is 24.3 Å². The van der Waals surface area contributed by atoms with Crippen LogP contribution in [0.5, 0.6) is 0 Å². The van der Waals surface area contributed by atoms with Crippen LogP contribution in [0.3, 0.4) is 0 Å². The van der Waals surface area contributed by atoms with Gasteiger partial charge in [-0.2, -0.15) is 0 Å². The number of nitrogens with zero attached hydrogens (tertiary/aromatic N) is 4. The van der Waals surface area contributed by atoms with Gasteiger partial charge in [-0.25, -0.2) is 4.98 Å². The van der Waals surface area contributed by atoms with E-state index >= 15 is 0 Å². The molecule has 4 heterocycles. The lowest BCUT2D eigenvalue weighted by molar-refractivity contribution is -0.117. The smallest absolute Gasteiger partial charge is 0.131 e. The molecular formula is C33H48N4O. The van der Waals surface area contributed by atoms with Crippen LogP contribution in [0.4, 0.5) is 0 Å². The molecule has 5 heteroatoms. The number of carbonyl (C=O) groups is 1. The van der Waals surface area contributed by atoms with Gasteiger partial charge in [0.2, 0.25) is 0 Å². The van der Waals surface area contributed by atoms with Gasteiger partial charge in [0, 0.05) is 37.1 Å². The zero-order valence-electron chi connectivity index (χ0n) is 23.6. The molecule has 0 spiro atoms. The fraction of sp³-hybridized carbons (Fsp3) is 0.758. The standard InChI is InChI=1S/C33H48N4O/c1-23(38)15-17-35-16-7-14-32(35)33-34-30-12-4-5-13-31(30)37(33)29-21-26-10-6-11-27(22-29)36(26)28-19-24-8-2-3-9-25(18-24)20-28/h4-5,12-13,24-29,32H,2-3,6-11,14-22H2,1H3/t24-,25+,26-,27+,28-,29+,32-/m1/s1. The molecule has 5 fully saturated rings. The highest BCUT2D eigenvalue weighted by Crippen LogP contribution is 2.48. The third-order valence-electron chi connectivity index (χ3n) is 11.2. The number of imidazole rings is 1. The minimum Gasteiger partial charge on any atom is -0.323 e. The van der Waals surface area contributed by atoms with Crippen LogP contribution >= 0.6 is 0 Å². The SMILES string of the molecule is CC(=O)CCN1CCC[C@@H]1c1nc2ccccc2n1[C@H]1C[C@H]2CCC[C@@H](C1)N2[C@@H]1C[C@@H]2CCCC[C@@H](C2)C1. The minimum absolute atomic E-state index is 0.298. The lowest BCUT2D eigenvalue weighted by Gasteiger charge is -2.55. The topological polar surface area (TPSA) is 41.4 Å². The Labute approximate surface area is 229 Å². The summed E-state index contributed by atoms with van der Waals surface area (Å²) >= 11 is 0. The van der Waals surface area contributed by atoms with Gasteiger partial charge in [-0.1, -0.05) is 44.2 Å². The number of ketones is 1. The Morgan fingerprint density at radius 2 is 1.55 bits per heavy atom. The summed E-state index contributed by atoms with van der Waals surface area (Å²) in [6, 6.07) is 12.1. The van der Waals surface area contributed by atoms with E-state index in [2.05, 4.69) is 38.6 Å². The van der Waals surface area contributed by atoms with Crippen molar-refractivity contribution in [2.24, 2.45) is 11.8 Å². The number of fused-ring (bicyclic) bond motifs is 5. The van der Waals surface area contributed by atoms with Crippen LogP contribution in [-0.4, -0.2) is 56.3 Å². The first kappa shape index (κ1) is 25.3. The van der Waals surface area contributed by atoms with Gasteiger partial charge in [-0.3, -0.25) is 14.6 Å². The Morgan fingerprint density at radius 1 is 0.816 bits per heavy atom. The van der Waals surface area contributed by atoms with E-state index in [4.69, 9.17) is 4.98 Å². The number of para-hydroxylation sites is 2. The van der Waals surface area contributed by atoms with Crippen molar-refractivity contribution in [3.8, 4) is 0 Å².